The minimum absolute atomic E-state index is 0.170. The number of esters is 1. The van der Waals surface area contributed by atoms with Crippen LogP contribution < -0.4 is 5.32 Å². The third-order valence-electron chi connectivity index (χ3n) is 4.86. The number of carbonyl (C=O) groups is 2. The van der Waals surface area contributed by atoms with Gasteiger partial charge < -0.3 is 19.7 Å². The molecule has 0 bridgehead atoms. The summed E-state index contributed by atoms with van der Waals surface area (Å²) in [5, 5.41) is 3.37. The summed E-state index contributed by atoms with van der Waals surface area (Å²) in [4.78, 5) is 26.7. The van der Waals surface area contributed by atoms with Gasteiger partial charge in [-0.05, 0) is 71.2 Å². The predicted molar refractivity (Wildman–Crippen MR) is 113 cm³/mol. The first-order chi connectivity index (χ1) is 13.1. The molecule has 1 aromatic carbocycles. The van der Waals surface area contributed by atoms with Crippen LogP contribution in [0.25, 0.3) is 0 Å². The number of rotatable bonds is 6. The zero-order chi connectivity index (χ0) is 20.8. The molecule has 0 radical (unpaired) electrons. The van der Waals surface area contributed by atoms with Crippen LogP contribution in [-0.2, 0) is 14.3 Å². The third kappa shape index (κ3) is 6.40. The zero-order valence-electron chi connectivity index (χ0n) is 17.2. The highest BCUT2D eigenvalue weighted by atomic mass is 79.9. The Bertz CT molecular complexity index is 662. The van der Waals surface area contributed by atoms with E-state index in [1.807, 2.05) is 52.0 Å². The molecule has 1 heterocycles. The lowest BCUT2D eigenvalue weighted by Gasteiger charge is -2.40. The smallest absolute Gasteiger partial charge is 0.410 e. The van der Waals surface area contributed by atoms with Gasteiger partial charge in [0.15, 0.2) is 0 Å². The number of ether oxygens (including phenoxy) is 2. The molecule has 0 aromatic heterocycles. The number of hydrogen-bond acceptors (Lipinski definition) is 5. The standard InChI is InChI=1S/C21H31BrN2O4/c1-5-27-18(25)21(10-13-23-17-8-6-16(22)7-9-17)11-14-24(15-12-21)19(26)28-20(2,3)4/h6-9,23H,5,10-15H2,1-4H3. The Morgan fingerprint density at radius 1 is 1.18 bits per heavy atom. The topological polar surface area (TPSA) is 67.9 Å². The fraction of sp³-hybridized carbons (Fsp3) is 0.619. The number of carbonyl (C=O) groups excluding carboxylic acids is 2. The first-order valence-electron chi connectivity index (χ1n) is 9.80. The first kappa shape index (κ1) is 22.5. The zero-order valence-corrected chi connectivity index (χ0v) is 18.8. The maximum atomic E-state index is 12.7. The summed E-state index contributed by atoms with van der Waals surface area (Å²) >= 11 is 3.42. The van der Waals surface area contributed by atoms with Crippen molar-refractivity contribution < 1.29 is 19.1 Å². The number of benzene rings is 1. The molecule has 1 aromatic rings. The molecular formula is C21H31BrN2O4. The SMILES string of the molecule is CCOC(=O)C1(CCNc2ccc(Br)cc2)CCN(C(=O)OC(C)(C)C)CC1. The van der Waals surface area contributed by atoms with E-state index >= 15 is 0 Å². The Hall–Kier alpha value is -1.76. The van der Waals surface area contributed by atoms with Crippen LogP contribution in [0, 0.1) is 5.41 Å². The quantitative estimate of drug-likeness (QED) is 0.623. The van der Waals surface area contributed by atoms with E-state index in [0.717, 1.165) is 10.2 Å². The van der Waals surface area contributed by atoms with Gasteiger partial charge in [-0.2, -0.15) is 0 Å². The summed E-state index contributed by atoms with van der Waals surface area (Å²) in [5.74, 6) is -0.170. The summed E-state index contributed by atoms with van der Waals surface area (Å²) in [6.45, 7) is 9.38. The number of hydrogen-bond donors (Lipinski definition) is 1. The Balaban J connectivity index is 1.97. The molecule has 1 fully saturated rings. The highest BCUT2D eigenvalue weighted by Gasteiger charge is 2.43. The van der Waals surface area contributed by atoms with Gasteiger partial charge in [-0.15, -0.1) is 0 Å². The summed E-state index contributed by atoms with van der Waals surface area (Å²) in [7, 11) is 0. The van der Waals surface area contributed by atoms with Gasteiger partial charge in [0.2, 0.25) is 0 Å². The summed E-state index contributed by atoms with van der Waals surface area (Å²) in [6.07, 6.45) is 1.49. The van der Waals surface area contributed by atoms with Gasteiger partial charge in [-0.25, -0.2) is 4.79 Å². The fourth-order valence-corrected chi connectivity index (χ4v) is 3.56. The van der Waals surface area contributed by atoms with Crippen LogP contribution in [0.4, 0.5) is 10.5 Å². The molecule has 1 saturated heterocycles. The minimum Gasteiger partial charge on any atom is -0.466 e. The maximum absolute atomic E-state index is 12.7. The number of halogens is 1. The predicted octanol–water partition coefficient (Wildman–Crippen LogP) is 4.83. The molecule has 1 amide bonds. The Morgan fingerprint density at radius 3 is 2.32 bits per heavy atom. The van der Waals surface area contributed by atoms with Gasteiger partial charge >= 0.3 is 12.1 Å². The van der Waals surface area contributed by atoms with Crippen LogP contribution in [0.2, 0.25) is 0 Å². The van der Waals surface area contributed by atoms with Crippen molar-refractivity contribution in [2.24, 2.45) is 5.41 Å². The second-order valence-corrected chi connectivity index (χ2v) is 9.07. The minimum atomic E-state index is -0.573. The summed E-state index contributed by atoms with van der Waals surface area (Å²) in [5.41, 5.74) is -0.0912. The van der Waals surface area contributed by atoms with Gasteiger partial charge in [0.25, 0.3) is 0 Å². The number of nitrogens with one attached hydrogen (secondary N) is 1. The van der Waals surface area contributed by atoms with Crippen LogP contribution in [0.1, 0.15) is 47.0 Å². The van der Waals surface area contributed by atoms with Crippen LogP contribution >= 0.6 is 15.9 Å². The fourth-order valence-electron chi connectivity index (χ4n) is 3.30. The van der Waals surface area contributed by atoms with Crippen molar-refractivity contribution in [3.63, 3.8) is 0 Å². The molecule has 1 N–H and O–H groups in total. The number of anilines is 1. The average Bonchev–Trinajstić information content (AvgIpc) is 2.62. The van der Waals surface area contributed by atoms with E-state index in [9.17, 15) is 9.59 Å². The van der Waals surface area contributed by atoms with Crippen LogP contribution in [0.15, 0.2) is 28.7 Å². The van der Waals surface area contributed by atoms with Crippen molar-refractivity contribution in [3.05, 3.63) is 28.7 Å². The number of piperidine rings is 1. The van der Waals surface area contributed by atoms with Gasteiger partial charge in [-0.1, -0.05) is 15.9 Å². The second-order valence-electron chi connectivity index (χ2n) is 8.15. The molecule has 156 valence electrons. The monoisotopic (exact) mass is 454 g/mol. The molecule has 0 spiro atoms. The van der Waals surface area contributed by atoms with E-state index in [1.165, 1.54) is 0 Å². The Labute approximate surface area is 176 Å². The highest BCUT2D eigenvalue weighted by Crippen LogP contribution is 2.37. The van der Waals surface area contributed by atoms with E-state index in [2.05, 4.69) is 21.2 Å². The van der Waals surface area contributed by atoms with Crippen LogP contribution in [0.3, 0.4) is 0 Å². The molecule has 1 aliphatic heterocycles. The summed E-state index contributed by atoms with van der Waals surface area (Å²) in [6, 6.07) is 7.93. The average molecular weight is 455 g/mol. The van der Waals surface area contributed by atoms with Gasteiger partial charge in [0.05, 0.1) is 12.0 Å². The maximum Gasteiger partial charge on any atom is 0.410 e. The van der Waals surface area contributed by atoms with Crippen LogP contribution in [-0.4, -0.2) is 48.8 Å². The molecule has 2 rings (SSSR count). The lowest BCUT2D eigenvalue weighted by atomic mass is 9.75. The van der Waals surface area contributed by atoms with Gasteiger partial charge in [0, 0.05) is 29.8 Å². The van der Waals surface area contributed by atoms with E-state index in [-0.39, 0.29) is 12.1 Å². The molecule has 0 saturated carbocycles. The van der Waals surface area contributed by atoms with Crippen molar-refractivity contribution >= 4 is 33.7 Å². The molecule has 7 heteroatoms. The van der Waals surface area contributed by atoms with E-state index in [0.29, 0.717) is 45.5 Å². The highest BCUT2D eigenvalue weighted by molar-refractivity contribution is 9.10. The normalized spacial score (nSPS) is 16.4. The number of amides is 1. The van der Waals surface area contributed by atoms with Gasteiger partial charge in [0.1, 0.15) is 5.60 Å². The molecule has 6 nitrogen and oxygen atoms in total. The molecule has 0 aliphatic carbocycles. The van der Waals surface area contributed by atoms with Gasteiger partial charge in [-0.3, -0.25) is 4.79 Å². The third-order valence-corrected chi connectivity index (χ3v) is 5.39. The Kier molecular flexibility index (Phi) is 7.75. The van der Waals surface area contributed by atoms with Crippen molar-refractivity contribution in [2.45, 2.75) is 52.6 Å². The number of likely N-dealkylation sites (tertiary alicyclic amines) is 1. The second kappa shape index (κ2) is 9.63. The Morgan fingerprint density at radius 2 is 1.79 bits per heavy atom. The molecule has 0 unspecified atom stereocenters. The molecular weight excluding hydrogens is 424 g/mol. The van der Waals surface area contributed by atoms with Crippen LogP contribution in [0.5, 0.6) is 0 Å². The van der Waals surface area contributed by atoms with Crippen molar-refractivity contribution in [2.75, 3.05) is 31.6 Å². The molecule has 1 aliphatic rings. The van der Waals surface area contributed by atoms with Crippen molar-refractivity contribution in [1.29, 1.82) is 0 Å². The van der Waals surface area contributed by atoms with Crippen molar-refractivity contribution in [3.8, 4) is 0 Å². The van der Waals surface area contributed by atoms with E-state index in [1.54, 1.807) is 4.90 Å². The number of nitrogens with zero attached hydrogens (tertiary/aromatic N) is 1. The van der Waals surface area contributed by atoms with E-state index < -0.39 is 11.0 Å². The lowest BCUT2D eigenvalue weighted by molar-refractivity contribution is -0.159. The largest absolute Gasteiger partial charge is 0.466 e. The summed E-state index contributed by atoms with van der Waals surface area (Å²) < 4.78 is 11.9. The van der Waals surface area contributed by atoms with E-state index in [4.69, 9.17) is 9.47 Å². The first-order valence-corrected chi connectivity index (χ1v) is 10.6. The lowest BCUT2D eigenvalue weighted by Crippen LogP contribution is -2.49. The van der Waals surface area contributed by atoms with Crippen molar-refractivity contribution in [1.82, 2.24) is 4.90 Å². The molecule has 28 heavy (non-hydrogen) atoms. The molecule has 0 atom stereocenters.